The second kappa shape index (κ2) is 5.06. The largest absolute Gasteiger partial charge is 0.464 e. The van der Waals surface area contributed by atoms with E-state index in [4.69, 9.17) is 20.8 Å². The zero-order chi connectivity index (χ0) is 12.3. The first-order valence-electron chi connectivity index (χ1n) is 5.22. The molecule has 0 N–H and O–H groups in total. The molecule has 0 saturated carbocycles. The topological polar surface area (TPSA) is 39.4 Å². The van der Waals surface area contributed by atoms with Gasteiger partial charge in [0.25, 0.3) is 0 Å². The van der Waals surface area contributed by atoms with E-state index in [2.05, 4.69) is 0 Å². The summed E-state index contributed by atoms with van der Waals surface area (Å²) in [5, 5.41) is 0.474. The molecule has 3 nitrogen and oxygen atoms in total. The van der Waals surface area contributed by atoms with E-state index in [0.29, 0.717) is 23.0 Å². The fourth-order valence-corrected chi connectivity index (χ4v) is 1.74. The summed E-state index contributed by atoms with van der Waals surface area (Å²) in [5.74, 6) is 0.279. The molecule has 0 unspecified atom stereocenters. The average molecular weight is 251 g/mol. The number of hydrogen-bond acceptors (Lipinski definition) is 3. The quantitative estimate of drug-likeness (QED) is 0.779. The molecule has 0 aliphatic rings. The summed E-state index contributed by atoms with van der Waals surface area (Å²) in [6.45, 7) is 2.09. The Kier molecular flexibility index (Phi) is 3.49. The molecule has 2 aromatic rings. The Hall–Kier alpha value is -1.74. The minimum atomic E-state index is -0.386. The molecule has 0 amide bonds. The fourth-order valence-electron chi connectivity index (χ4n) is 1.51. The molecule has 0 bridgehead atoms. The molecule has 1 heterocycles. The third-order valence-corrected chi connectivity index (χ3v) is 2.43. The lowest BCUT2D eigenvalue weighted by Crippen LogP contribution is -2.04. The van der Waals surface area contributed by atoms with E-state index in [1.54, 1.807) is 43.5 Å². The highest BCUT2D eigenvalue weighted by molar-refractivity contribution is 6.31. The van der Waals surface area contributed by atoms with Crippen LogP contribution in [0.25, 0.3) is 11.3 Å². The van der Waals surface area contributed by atoms with E-state index in [-0.39, 0.29) is 5.97 Å². The van der Waals surface area contributed by atoms with Crippen molar-refractivity contribution in [3.8, 4) is 11.3 Å². The number of esters is 1. The number of hydrogen-bond donors (Lipinski definition) is 0. The third kappa shape index (κ3) is 2.68. The highest BCUT2D eigenvalue weighted by Gasteiger charge is 2.11. The Labute approximate surface area is 104 Å². The summed E-state index contributed by atoms with van der Waals surface area (Å²) in [7, 11) is 0. The lowest BCUT2D eigenvalue weighted by Gasteiger charge is -2.04. The van der Waals surface area contributed by atoms with Crippen molar-refractivity contribution in [3.05, 3.63) is 47.2 Å². The third-order valence-electron chi connectivity index (χ3n) is 2.21. The predicted molar refractivity (Wildman–Crippen MR) is 65.1 cm³/mol. The van der Waals surface area contributed by atoms with E-state index in [1.165, 1.54) is 0 Å². The van der Waals surface area contributed by atoms with Crippen molar-refractivity contribution >= 4 is 17.6 Å². The van der Waals surface area contributed by atoms with E-state index >= 15 is 0 Å². The molecule has 0 atom stereocenters. The maximum atomic E-state index is 11.6. The number of furan rings is 1. The first kappa shape index (κ1) is 11.7. The van der Waals surface area contributed by atoms with Crippen LogP contribution in [-0.2, 0) is 4.74 Å². The van der Waals surface area contributed by atoms with Gasteiger partial charge in [0, 0.05) is 10.6 Å². The molecule has 2 rings (SSSR count). The second-order valence-corrected chi connectivity index (χ2v) is 3.86. The second-order valence-electron chi connectivity index (χ2n) is 3.43. The summed E-state index contributed by atoms with van der Waals surface area (Å²) < 4.78 is 10.2. The first-order valence-corrected chi connectivity index (χ1v) is 5.60. The van der Waals surface area contributed by atoms with Crippen LogP contribution in [0, 0.1) is 0 Å². The van der Waals surface area contributed by atoms with Crippen LogP contribution in [0.5, 0.6) is 0 Å². The monoisotopic (exact) mass is 250 g/mol. The van der Waals surface area contributed by atoms with Gasteiger partial charge in [-0.1, -0.05) is 11.6 Å². The molecule has 0 aliphatic heterocycles. The first-order chi connectivity index (χ1) is 8.20. The highest BCUT2D eigenvalue weighted by atomic mass is 35.5. The molecular weight excluding hydrogens is 240 g/mol. The summed E-state index contributed by atoms with van der Waals surface area (Å²) in [4.78, 5) is 11.6. The Morgan fingerprint density at radius 1 is 1.41 bits per heavy atom. The minimum Gasteiger partial charge on any atom is -0.464 e. The van der Waals surface area contributed by atoms with Gasteiger partial charge < -0.3 is 9.15 Å². The Morgan fingerprint density at radius 2 is 2.24 bits per heavy atom. The van der Waals surface area contributed by atoms with Gasteiger partial charge in [0.05, 0.1) is 18.4 Å². The van der Waals surface area contributed by atoms with Crippen molar-refractivity contribution in [1.82, 2.24) is 0 Å². The van der Waals surface area contributed by atoms with Crippen LogP contribution in [-0.4, -0.2) is 12.6 Å². The predicted octanol–water partition coefficient (Wildman–Crippen LogP) is 3.78. The maximum Gasteiger partial charge on any atom is 0.338 e. The van der Waals surface area contributed by atoms with Crippen LogP contribution >= 0.6 is 11.6 Å². The molecule has 1 aromatic heterocycles. The van der Waals surface area contributed by atoms with Crippen molar-refractivity contribution in [2.24, 2.45) is 0 Å². The van der Waals surface area contributed by atoms with Crippen LogP contribution in [0.1, 0.15) is 17.3 Å². The molecule has 88 valence electrons. The van der Waals surface area contributed by atoms with Gasteiger partial charge >= 0.3 is 5.97 Å². The van der Waals surface area contributed by atoms with E-state index < -0.39 is 0 Å². The fraction of sp³-hybridized carbons (Fsp3) is 0.154. The zero-order valence-corrected chi connectivity index (χ0v) is 10.0. The molecule has 0 fully saturated rings. The number of carbonyl (C=O) groups excluding carboxylic acids is 1. The van der Waals surface area contributed by atoms with E-state index in [1.807, 2.05) is 0 Å². The number of carbonyl (C=O) groups is 1. The molecule has 1 aromatic carbocycles. The molecule has 0 saturated heterocycles. The standard InChI is InChI=1S/C13H11ClO3/c1-2-16-13(15)10-6-9(7-11(14)8-10)12-4-3-5-17-12/h3-8H,2H2,1H3. The molecule has 4 heteroatoms. The number of rotatable bonds is 3. The van der Waals surface area contributed by atoms with Crippen LogP contribution in [0.4, 0.5) is 0 Å². The van der Waals surface area contributed by atoms with E-state index in [0.717, 1.165) is 5.56 Å². The van der Waals surface area contributed by atoms with Gasteiger partial charge in [-0.2, -0.15) is 0 Å². The summed E-state index contributed by atoms with van der Waals surface area (Å²) in [5.41, 5.74) is 1.18. The van der Waals surface area contributed by atoms with Crippen LogP contribution in [0.2, 0.25) is 5.02 Å². The molecule has 17 heavy (non-hydrogen) atoms. The normalized spacial score (nSPS) is 10.2. The molecule has 0 aliphatic carbocycles. The highest BCUT2D eigenvalue weighted by Crippen LogP contribution is 2.25. The maximum absolute atomic E-state index is 11.6. The number of halogens is 1. The van der Waals surface area contributed by atoms with Crippen molar-refractivity contribution in [1.29, 1.82) is 0 Å². The smallest absolute Gasteiger partial charge is 0.338 e. The summed E-state index contributed by atoms with van der Waals surface area (Å²) in [6, 6.07) is 8.60. The summed E-state index contributed by atoms with van der Waals surface area (Å²) in [6.07, 6.45) is 1.57. The molecule has 0 spiro atoms. The lowest BCUT2D eigenvalue weighted by atomic mass is 10.1. The van der Waals surface area contributed by atoms with Gasteiger partial charge in [-0.25, -0.2) is 4.79 Å². The Bertz CT molecular complexity index is 517. The van der Waals surface area contributed by atoms with Crippen molar-refractivity contribution in [3.63, 3.8) is 0 Å². The van der Waals surface area contributed by atoms with Crippen molar-refractivity contribution in [2.45, 2.75) is 6.92 Å². The Morgan fingerprint density at radius 3 is 2.88 bits per heavy atom. The van der Waals surface area contributed by atoms with Crippen LogP contribution < -0.4 is 0 Å². The van der Waals surface area contributed by atoms with Gasteiger partial charge in [0.1, 0.15) is 5.76 Å². The minimum absolute atomic E-state index is 0.335. The van der Waals surface area contributed by atoms with Crippen LogP contribution in [0.3, 0.4) is 0 Å². The van der Waals surface area contributed by atoms with Gasteiger partial charge in [0.2, 0.25) is 0 Å². The number of ether oxygens (including phenoxy) is 1. The summed E-state index contributed by atoms with van der Waals surface area (Å²) >= 11 is 5.96. The van der Waals surface area contributed by atoms with Gasteiger partial charge in [-0.05, 0) is 37.3 Å². The zero-order valence-electron chi connectivity index (χ0n) is 9.27. The molecular formula is C13H11ClO3. The lowest BCUT2D eigenvalue weighted by molar-refractivity contribution is 0.0526. The van der Waals surface area contributed by atoms with E-state index in [9.17, 15) is 4.79 Å². The molecule has 0 radical (unpaired) electrons. The van der Waals surface area contributed by atoms with Crippen molar-refractivity contribution in [2.75, 3.05) is 6.61 Å². The SMILES string of the molecule is CCOC(=O)c1cc(Cl)cc(-c2ccco2)c1. The van der Waals surface area contributed by atoms with Gasteiger partial charge in [0.15, 0.2) is 0 Å². The van der Waals surface area contributed by atoms with Crippen molar-refractivity contribution < 1.29 is 13.9 Å². The van der Waals surface area contributed by atoms with Gasteiger partial charge in [-0.15, -0.1) is 0 Å². The number of benzene rings is 1. The average Bonchev–Trinajstić information content (AvgIpc) is 2.82. The van der Waals surface area contributed by atoms with Gasteiger partial charge in [-0.3, -0.25) is 0 Å². The Balaban J connectivity index is 2.39. The van der Waals surface area contributed by atoms with Crippen LogP contribution in [0.15, 0.2) is 41.0 Å².